The Morgan fingerprint density at radius 3 is 2.55 bits per heavy atom. The van der Waals surface area contributed by atoms with Crippen LogP contribution in [0.5, 0.6) is 0 Å². The molecule has 0 bridgehead atoms. The molecule has 1 aromatic heterocycles. The normalized spacial score (nSPS) is 14.6. The Morgan fingerprint density at radius 2 is 1.82 bits per heavy atom. The van der Waals surface area contributed by atoms with Crippen molar-refractivity contribution in [3.63, 3.8) is 0 Å². The third-order valence-electron chi connectivity index (χ3n) is 7.03. The molecule has 0 spiro atoms. The van der Waals surface area contributed by atoms with Crippen molar-refractivity contribution in [3.05, 3.63) is 119 Å². The number of pyridine rings is 1. The van der Waals surface area contributed by atoms with Crippen LogP contribution in [-0.2, 0) is 28.9 Å². The van der Waals surface area contributed by atoms with Crippen molar-refractivity contribution in [2.75, 3.05) is 11.9 Å². The van der Waals surface area contributed by atoms with Crippen molar-refractivity contribution in [2.45, 2.75) is 25.8 Å². The molecule has 7 nitrogen and oxygen atoms in total. The maximum Gasteiger partial charge on any atom is 0.309 e. The Bertz CT molecular complexity index is 1570. The van der Waals surface area contributed by atoms with Gasteiger partial charge < -0.3 is 15.8 Å². The van der Waals surface area contributed by atoms with Gasteiger partial charge in [-0.2, -0.15) is 0 Å². The molecule has 8 heteroatoms. The molecule has 1 saturated heterocycles. The number of benzene rings is 3. The van der Waals surface area contributed by atoms with Gasteiger partial charge in [-0.15, -0.1) is 0 Å². The molecule has 1 fully saturated rings. The number of nitrogens with two attached hydrogens (primary N) is 1. The summed E-state index contributed by atoms with van der Waals surface area (Å²) in [7, 11) is 0. The summed E-state index contributed by atoms with van der Waals surface area (Å²) in [6.07, 6.45) is 3.78. The van der Waals surface area contributed by atoms with E-state index < -0.39 is 5.82 Å². The van der Waals surface area contributed by atoms with Crippen LogP contribution in [0.2, 0.25) is 0 Å². The smallest absolute Gasteiger partial charge is 0.309 e. The number of rotatable bonds is 9. The van der Waals surface area contributed by atoms with Crippen LogP contribution in [0, 0.1) is 11.7 Å². The van der Waals surface area contributed by atoms with Gasteiger partial charge in [0.05, 0.1) is 18.7 Å². The fourth-order valence-electron chi connectivity index (χ4n) is 4.78. The topological polar surface area (TPSA) is 111 Å². The predicted molar refractivity (Wildman–Crippen MR) is 149 cm³/mol. The van der Waals surface area contributed by atoms with Crippen LogP contribution in [0.4, 0.5) is 10.1 Å². The average Bonchev–Trinajstić information content (AvgIpc) is 3.38. The molecule has 1 amide bonds. The molecule has 2 heterocycles. The van der Waals surface area contributed by atoms with Gasteiger partial charge in [0.2, 0.25) is 0 Å². The van der Waals surface area contributed by atoms with Crippen LogP contribution in [0.25, 0.3) is 11.1 Å². The van der Waals surface area contributed by atoms with E-state index in [0.717, 1.165) is 34.9 Å². The number of Topliss-reactive ketones (excluding diaryl/α,β-unsaturated/α-hetero) is 1. The molecule has 1 aliphatic heterocycles. The molecular weight excluding hydrogens is 509 g/mol. The summed E-state index contributed by atoms with van der Waals surface area (Å²) in [6, 6.07) is 21.2. The van der Waals surface area contributed by atoms with Crippen LogP contribution in [0.1, 0.15) is 43.8 Å². The van der Waals surface area contributed by atoms with E-state index in [-0.39, 0.29) is 42.1 Å². The second-order valence-corrected chi connectivity index (χ2v) is 9.73. The minimum atomic E-state index is -0.526. The first-order valence-corrected chi connectivity index (χ1v) is 13.0. The maximum absolute atomic E-state index is 14.0. The first kappa shape index (κ1) is 26.9. The molecule has 1 aliphatic rings. The van der Waals surface area contributed by atoms with Gasteiger partial charge in [0.1, 0.15) is 5.82 Å². The number of ketones is 1. The molecule has 3 aromatic carbocycles. The van der Waals surface area contributed by atoms with Crippen molar-refractivity contribution < 1.29 is 23.5 Å². The number of cyclic esters (lactones) is 1. The molecule has 1 atom stereocenters. The van der Waals surface area contributed by atoms with Gasteiger partial charge in [-0.1, -0.05) is 36.4 Å². The first-order valence-electron chi connectivity index (χ1n) is 13.0. The van der Waals surface area contributed by atoms with E-state index in [1.165, 1.54) is 12.3 Å². The molecule has 0 saturated carbocycles. The van der Waals surface area contributed by atoms with Crippen molar-refractivity contribution in [1.29, 1.82) is 0 Å². The van der Waals surface area contributed by atoms with Gasteiger partial charge in [-0.25, -0.2) is 4.39 Å². The molecule has 5 rings (SSSR count). The molecule has 3 N–H and O–H groups in total. The SMILES string of the molecule is NCc1ccc(C(=O)Cc2ccncc2F)cc1-c1cccc(C(=O)Nc2ccc(CC3CCOC3=O)cc2)c1. The second-order valence-electron chi connectivity index (χ2n) is 9.73. The standard InChI is InChI=1S/C32H28FN3O4/c33-29-19-35-12-10-22(29)17-30(37)23-6-7-26(18-34)28(16-23)21-2-1-3-24(15-21)31(38)36-27-8-4-20(5-9-27)14-25-11-13-40-32(25)39/h1-10,12,15-16,19,25H,11,13-14,17-18,34H2,(H,36,38). The van der Waals surface area contributed by atoms with E-state index in [4.69, 9.17) is 10.5 Å². The lowest BCUT2D eigenvalue weighted by Crippen LogP contribution is -2.13. The summed E-state index contributed by atoms with van der Waals surface area (Å²) in [5.41, 5.74) is 11.0. The van der Waals surface area contributed by atoms with Crippen LogP contribution in [0.15, 0.2) is 85.2 Å². The summed E-state index contributed by atoms with van der Waals surface area (Å²) in [4.78, 5) is 41.5. The number of hydrogen-bond donors (Lipinski definition) is 2. The van der Waals surface area contributed by atoms with Crippen molar-refractivity contribution >= 4 is 23.3 Å². The van der Waals surface area contributed by atoms with Gasteiger partial charge in [0.15, 0.2) is 5.78 Å². The lowest BCUT2D eigenvalue weighted by molar-refractivity contribution is -0.141. The molecule has 4 aromatic rings. The Kier molecular flexibility index (Phi) is 8.07. The third-order valence-corrected chi connectivity index (χ3v) is 7.03. The quantitative estimate of drug-likeness (QED) is 0.226. The Balaban J connectivity index is 1.32. The van der Waals surface area contributed by atoms with Gasteiger partial charge in [0.25, 0.3) is 5.91 Å². The lowest BCUT2D eigenvalue weighted by atomic mass is 9.93. The van der Waals surface area contributed by atoms with E-state index in [1.54, 1.807) is 36.4 Å². The number of ether oxygens (including phenoxy) is 1. The Labute approximate surface area is 231 Å². The molecule has 0 radical (unpaired) electrons. The number of nitrogens with zero attached hydrogens (tertiary/aromatic N) is 1. The summed E-state index contributed by atoms with van der Waals surface area (Å²) in [5, 5.41) is 2.91. The monoisotopic (exact) mass is 537 g/mol. The van der Waals surface area contributed by atoms with Gasteiger partial charge in [0, 0.05) is 36.0 Å². The van der Waals surface area contributed by atoms with E-state index >= 15 is 0 Å². The van der Waals surface area contributed by atoms with E-state index in [1.807, 2.05) is 30.3 Å². The van der Waals surface area contributed by atoms with Crippen molar-refractivity contribution in [3.8, 4) is 11.1 Å². The number of halogens is 1. The minimum Gasteiger partial charge on any atom is -0.465 e. The van der Waals surface area contributed by atoms with E-state index in [0.29, 0.717) is 29.8 Å². The summed E-state index contributed by atoms with van der Waals surface area (Å²) in [6.45, 7) is 0.708. The van der Waals surface area contributed by atoms with Gasteiger partial charge in [-0.3, -0.25) is 19.4 Å². The number of nitrogens with one attached hydrogen (secondary N) is 1. The van der Waals surface area contributed by atoms with Crippen LogP contribution >= 0.6 is 0 Å². The number of amides is 1. The number of anilines is 1. The molecular formula is C32H28FN3O4. The van der Waals surface area contributed by atoms with Crippen molar-refractivity contribution in [2.24, 2.45) is 11.7 Å². The largest absolute Gasteiger partial charge is 0.465 e. The highest BCUT2D eigenvalue weighted by Crippen LogP contribution is 2.27. The zero-order valence-corrected chi connectivity index (χ0v) is 21.7. The second kappa shape index (κ2) is 12.0. The summed E-state index contributed by atoms with van der Waals surface area (Å²) < 4.78 is 19.1. The zero-order valence-electron chi connectivity index (χ0n) is 21.7. The predicted octanol–water partition coefficient (Wildman–Crippen LogP) is 5.13. The molecule has 1 unspecified atom stereocenters. The zero-order chi connectivity index (χ0) is 28.1. The fraction of sp³-hybridized carbons (Fsp3) is 0.188. The van der Waals surface area contributed by atoms with E-state index in [2.05, 4.69) is 10.3 Å². The molecule has 40 heavy (non-hydrogen) atoms. The lowest BCUT2D eigenvalue weighted by Gasteiger charge is -2.13. The summed E-state index contributed by atoms with van der Waals surface area (Å²) >= 11 is 0. The highest BCUT2D eigenvalue weighted by Gasteiger charge is 2.26. The van der Waals surface area contributed by atoms with Crippen LogP contribution < -0.4 is 11.1 Å². The highest BCUT2D eigenvalue weighted by molar-refractivity contribution is 6.05. The third kappa shape index (κ3) is 6.13. The number of aromatic nitrogens is 1. The highest BCUT2D eigenvalue weighted by atomic mass is 19.1. The number of carbonyl (C=O) groups excluding carboxylic acids is 3. The van der Waals surface area contributed by atoms with Crippen LogP contribution in [-0.4, -0.2) is 29.3 Å². The van der Waals surface area contributed by atoms with Crippen molar-refractivity contribution in [1.82, 2.24) is 4.98 Å². The number of carbonyl (C=O) groups is 3. The van der Waals surface area contributed by atoms with E-state index in [9.17, 15) is 18.8 Å². The average molecular weight is 538 g/mol. The Morgan fingerprint density at radius 1 is 1.00 bits per heavy atom. The maximum atomic E-state index is 14.0. The minimum absolute atomic E-state index is 0.0955. The van der Waals surface area contributed by atoms with Crippen LogP contribution in [0.3, 0.4) is 0 Å². The van der Waals surface area contributed by atoms with Gasteiger partial charge >= 0.3 is 5.97 Å². The first-order chi connectivity index (χ1) is 19.4. The number of esters is 1. The Hall–Kier alpha value is -4.69. The van der Waals surface area contributed by atoms with Gasteiger partial charge in [-0.05, 0) is 77.1 Å². The summed E-state index contributed by atoms with van der Waals surface area (Å²) in [5.74, 6) is -1.33. The number of hydrogen-bond acceptors (Lipinski definition) is 6. The molecule has 0 aliphatic carbocycles. The molecule has 202 valence electrons. The fourth-order valence-corrected chi connectivity index (χ4v) is 4.78.